The van der Waals surface area contributed by atoms with Gasteiger partial charge in [-0.2, -0.15) is 0 Å². The lowest BCUT2D eigenvalue weighted by molar-refractivity contribution is 0.278. The Hall–Kier alpha value is -1.13. The summed E-state index contributed by atoms with van der Waals surface area (Å²) < 4.78 is 2.07. The van der Waals surface area contributed by atoms with E-state index in [-0.39, 0.29) is 12.0 Å². The van der Waals surface area contributed by atoms with Gasteiger partial charge >= 0.3 is 0 Å². The van der Waals surface area contributed by atoms with Gasteiger partial charge in [0, 0.05) is 24.8 Å². The van der Waals surface area contributed by atoms with E-state index in [1.807, 2.05) is 6.07 Å². The third-order valence-corrected chi connectivity index (χ3v) is 2.97. The molecule has 2 aromatic rings. The topological polar surface area (TPSA) is 50.9 Å². The van der Waals surface area contributed by atoms with Gasteiger partial charge in [-0.25, -0.2) is 9.97 Å². The van der Waals surface area contributed by atoms with Crippen molar-refractivity contribution < 1.29 is 5.11 Å². The average Bonchev–Trinajstić information content (AvgIpc) is 2.63. The quantitative estimate of drug-likeness (QED) is 0.930. The predicted octanol–water partition coefficient (Wildman–Crippen LogP) is 2.76. The van der Waals surface area contributed by atoms with E-state index in [2.05, 4.69) is 35.3 Å². The zero-order chi connectivity index (χ0) is 13.3. The van der Waals surface area contributed by atoms with E-state index in [1.165, 1.54) is 0 Å². The number of pyridine rings is 1. The summed E-state index contributed by atoms with van der Waals surface area (Å²) in [5.74, 6) is 0.973. The number of fused-ring (bicyclic) bond motifs is 1. The Kier molecular flexibility index (Phi) is 3.59. The standard InChI is InChI=1S/C13H18ClN3O/c1-13(2,3)12-16-10-7-9(14)8-15-11(10)17(12)5-4-6-18/h7-8,18H,4-6H2,1-3H3. The molecule has 5 heteroatoms. The number of nitrogens with zero attached hydrogens (tertiary/aromatic N) is 3. The van der Waals surface area contributed by atoms with Crippen molar-refractivity contribution in [1.29, 1.82) is 0 Å². The maximum atomic E-state index is 9.00. The van der Waals surface area contributed by atoms with Crippen LogP contribution in [0.2, 0.25) is 5.02 Å². The fraction of sp³-hybridized carbons (Fsp3) is 0.538. The number of aromatic nitrogens is 3. The van der Waals surface area contributed by atoms with Gasteiger partial charge in [-0.3, -0.25) is 0 Å². The molecule has 0 atom stereocenters. The first kappa shape index (κ1) is 13.3. The second kappa shape index (κ2) is 4.86. The third-order valence-electron chi connectivity index (χ3n) is 2.76. The summed E-state index contributed by atoms with van der Waals surface area (Å²) in [6.07, 6.45) is 2.33. The molecule has 0 bridgehead atoms. The molecule has 0 saturated heterocycles. The molecule has 0 amide bonds. The molecule has 0 radical (unpaired) electrons. The van der Waals surface area contributed by atoms with Crippen molar-refractivity contribution in [2.75, 3.05) is 6.61 Å². The lowest BCUT2D eigenvalue weighted by Crippen LogP contribution is -2.19. The summed E-state index contributed by atoms with van der Waals surface area (Å²) in [5, 5.41) is 9.59. The van der Waals surface area contributed by atoms with Gasteiger partial charge in [-0.1, -0.05) is 32.4 Å². The van der Waals surface area contributed by atoms with Crippen LogP contribution in [0.5, 0.6) is 0 Å². The highest BCUT2D eigenvalue weighted by Gasteiger charge is 2.23. The molecule has 0 aliphatic carbocycles. The molecule has 0 saturated carbocycles. The largest absolute Gasteiger partial charge is 0.396 e. The number of aryl methyl sites for hydroxylation is 1. The summed E-state index contributed by atoms with van der Waals surface area (Å²) in [5.41, 5.74) is 1.57. The molecule has 98 valence electrons. The molecule has 4 nitrogen and oxygen atoms in total. The minimum absolute atomic E-state index is 0.0668. The molecule has 2 aromatic heterocycles. The fourth-order valence-electron chi connectivity index (χ4n) is 2.00. The van der Waals surface area contributed by atoms with Crippen molar-refractivity contribution in [3.8, 4) is 0 Å². The highest BCUT2D eigenvalue weighted by molar-refractivity contribution is 6.31. The normalized spacial score (nSPS) is 12.3. The molecule has 0 spiro atoms. The van der Waals surface area contributed by atoms with E-state index < -0.39 is 0 Å². The molecule has 18 heavy (non-hydrogen) atoms. The van der Waals surface area contributed by atoms with Crippen LogP contribution in [-0.4, -0.2) is 26.2 Å². The van der Waals surface area contributed by atoms with E-state index in [1.54, 1.807) is 6.20 Å². The number of rotatable bonds is 3. The predicted molar refractivity (Wildman–Crippen MR) is 72.9 cm³/mol. The summed E-state index contributed by atoms with van der Waals surface area (Å²) in [6.45, 7) is 7.23. The highest BCUT2D eigenvalue weighted by Crippen LogP contribution is 2.26. The second-order valence-electron chi connectivity index (χ2n) is 5.41. The lowest BCUT2D eigenvalue weighted by Gasteiger charge is -2.19. The monoisotopic (exact) mass is 267 g/mol. The van der Waals surface area contributed by atoms with Gasteiger partial charge in [-0.15, -0.1) is 0 Å². The molecule has 0 fully saturated rings. The molecule has 2 rings (SSSR count). The SMILES string of the molecule is CC(C)(C)c1nc2cc(Cl)cnc2n1CCCO. The third kappa shape index (κ3) is 2.49. The first-order valence-corrected chi connectivity index (χ1v) is 6.44. The Labute approximate surface area is 112 Å². The van der Waals surface area contributed by atoms with E-state index in [4.69, 9.17) is 16.7 Å². The van der Waals surface area contributed by atoms with Gasteiger partial charge in [0.2, 0.25) is 0 Å². The number of imidazole rings is 1. The second-order valence-corrected chi connectivity index (χ2v) is 5.85. The summed E-state index contributed by atoms with van der Waals surface area (Å²) in [4.78, 5) is 8.99. The molecule has 0 unspecified atom stereocenters. The van der Waals surface area contributed by atoms with Crippen LogP contribution in [0.4, 0.5) is 0 Å². The Morgan fingerprint density at radius 1 is 1.39 bits per heavy atom. The zero-order valence-corrected chi connectivity index (χ0v) is 11.7. The van der Waals surface area contributed by atoms with Crippen LogP contribution in [0.3, 0.4) is 0 Å². The Balaban J connectivity index is 2.60. The van der Waals surface area contributed by atoms with Gasteiger partial charge in [0.05, 0.1) is 5.02 Å². The van der Waals surface area contributed by atoms with E-state index in [0.717, 1.165) is 17.0 Å². The maximum Gasteiger partial charge on any atom is 0.160 e. The van der Waals surface area contributed by atoms with Crippen LogP contribution < -0.4 is 0 Å². The first-order chi connectivity index (χ1) is 8.43. The van der Waals surface area contributed by atoms with Crippen molar-refractivity contribution in [1.82, 2.24) is 14.5 Å². The Morgan fingerprint density at radius 2 is 2.11 bits per heavy atom. The zero-order valence-electron chi connectivity index (χ0n) is 10.9. The van der Waals surface area contributed by atoms with E-state index >= 15 is 0 Å². The van der Waals surface area contributed by atoms with Gasteiger partial charge in [0.1, 0.15) is 11.3 Å². The first-order valence-electron chi connectivity index (χ1n) is 6.06. The molecule has 0 aliphatic rings. The number of aliphatic hydroxyl groups is 1. The van der Waals surface area contributed by atoms with Gasteiger partial charge in [0.15, 0.2) is 5.65 Å². The van der Waals surface area contributed by atoms with Crippen molar-refractivity contribution in [3.63, 3.8) is 0 Å². The average molecular weight is 268 g/mol. The minimum Gasteiger partial charge on any atom is -0.396 e. The number of hydrogen-bond donors (Lipinski definition) is 1. The molecule has 1 N–H and O–H groups in total. The fourth-order valence-corrected chi connectivity index (χ4v) is 2.15. The van der Waals surface area contributed by atoms with Gasteiger partial charge in [0.25, 0.3) is 0 Å². The van der Waals surface area contributed by atoms with E-state index in [0.29, 0.717) is 18.0 Å². The van der Waals surface area contributed by atoms with Crippen molar-refractivity contribution in [2.24, 2.45) is 0 Å². The number of aliphatic hydroxyl groups excluding tert-OH is 1. The number of halogens is 1. The molecule has 0 aliphatic heterocycles. The summed E-state index contributed by atoms with van der Waals surface area (Å²) >= 11 is 5.95. The molecule has 2 heterocycles. The molecular formula is C13H18ClN3O. The maximum absolute atomic E-state index is 9.00. The molecular weight excluding hydrogens is 250 g/mol. The lowest BCUT2D eigenvalue weighted by atomic mass is 9.95. The van der Waals surface area contributed by atoms with Gasteiger partial charge in [-0.05, 0) is 12.5 Å². The van der Waals surface area contributed by atoms with Crippen LogP contribution in [0.15, 0.2) is 12.3 Å². The van der Waals surface area contributed by atoms with Crippen molar-refractivity contribution in [3.05, 3.63) is 23.1 Å². The number of hydrogen-bond acceptors (Lipinski definition) is 3. The van der Waals surface area contributed by atoms with Gasteiger partial charge < -0.3 is 9.67 Å². The van der Waals surface area contributed by atoms with Crippen LogP contribution in [0.25, 0.3) is 11.2 Å². The van der Waals surface area contributed by atoms with E-state index in [9.17, 15) is 0 Å². The van der Waals surface area contributed by atoms with Crippen molar-refractivity contribution >= 4 is 22.8 Å². The summed E-state index contributed by atoms with van der Waals surface area (Å²) in [7, 11) is 0. The molecule has 0 aromatic carbocycles. The smallest absolute Gasteiger partial charge is 0.160 e. The van der Waals surface area contributed by atoms with Crippen LogP contribution in [0, 0.1) is 0 Å². The van der Waals surface area contributed by atoms with Crippen LogP contribution in [0.1, 0.15) is 33.0 Å². The van der Waals surface area contributed by atoms with Crippen LogP contribution in [-0.2, 0) is 12.0 Å². The Morgan fingerprint density at radius 3 is 2.72 bits per heavy atom. The minimum atomic E-state index is -0.0668. The van der Waals surface area contributed by atoms with Crippen LogP contribution >= 0.6 is 11.6 Å². The Bertz CT molecular complexity index is 557. The summed E-state index contributed by atoms with van der Waals surface area (Å²) in [6, 6.07) is 1.83. The highest BCUT2D eigenvalue weighted by atomic mass is 35.5. The van der Waals surface area contributed by atoms with Crippen molar-refractivity contribution in [2.45, 2.75) is 39.2 Å².